The topological polar surface area (TPSA) is 37.4 Å². The molecule has 1 atom stereocenters. The first-order chi connectivity index (χ1) is 11.7. The first kappa shape index (κ1) is 14.6. The quantitative estimate of drug-likeness (QED) is 0.686. The molecule has 0 aromatic heterocycles. The van der Waals surface area contributed by atoms with Crippen molar-refractivity contribution < 1.29 is 9.59 Å². The van der Waals surface area contributed by atoms with E-state index in [-0.39, 0.29) is 24.2 Å². The second kappa shape index (κ2) is 5.93. The van der Waals surface area contributed by atoms with E-state index < -0.39 is 0 Å². The van der Waals surface area contributed by atoms with Crippen molar-refractivity contribution in [1.29, 1.82) is 0 Å². The van der Waals surface area contributed by atoms with Gasteiger partial charge in [-0.3, -0.25) is 9.59 Å². The molecule has 3 heteroatoms. The second-order valence-electron chi connectivity index (χ2n) is 6.16. The van der Waals surface area contributed by atoms with Crippen LogP contribution in [-0.2, 0) is 16.0 Å². The molecule has 24 heavy (non-hydrogen) atoms. The molecule has 1 heterocycles. The minimum atomic E-state index is -0.279. The lowest BCUT2D eigenvalue weighted by Crippen LogP contribution is -2.31. The number of carbonyl (C=O) groups is 2. The fraction of sp³-hybridized carbons (Fsp3) is 0.143. The SMILES string of the molecule is O=C1CC(Cc2ccccc2)C(=O)N1c1cccc2ccccc12. The van der Waals surface area contributed by atoms with Crippen LogP contribution in [0.4, 0.5) is 5.69 Å². The van der Waals surface area contributed by atoms with Gasteiger partial charge in [0.05, 0.1) is 11.6 Å². The standard InChI is InChI=1S/C21H17NO2/c23-20-14-17(13-15-7-2-1-3-8-15)21(24)22(20)19-12-6-10-16-9-4-5-11-18(16)19/h1-12,17H,13-14H2. The minimum Gasteiger partial charge on any atom is -0.274 e. The maximum Gasteiger partial charge on any atom is 0.237 e. The van der Waals surface area contributed by atoms with Gasteiger partial charge in [0.2, 0.25) is 11.8 Å². The molecule has 1 unspecified atom stereocenters. The van der Waals surface area contributed by atoms with Gasteiger partial charge in [-0.15, -0.1) is 0 Å². The van der Waals surface area contributed by atoms with Crippen LogP contribution in [0.3, 0.4) is 0 Å². The Morgan fingerprint density at radius 1 is 0.833 bits per heavy atom. The molecular formula is C21H17NO2. The molecule has 0 bridgehead atoms. The van der Waals surface area contributed by atoms with Gasteiger partial charge in [-0.2, -0.15) is 0 Å². The van der Waals surface area contributed by atoms with Crippen molar-refractivity contribution in [3.8, 4) is 0 Å². The molecule has 2 amide bonds. The highest BCUT2D eigenvalue weighted by Gasteiger charge is 2.39. The summed E-state index contributed by atoms with van der Waals surface area (Å²) in [7, 11) is 0. The van der Waals surface area contributed by atoms with E-state index in [1.807, 2.05) is 72.8 Å². The van der Waals surface area contributed by atoms with E-state index in [9.17, 15) is 9.59 Å². The zero-order chi connectivity index (χ0) is 16.5. The Morgan fingerprint density at radius 3 is 2.38 bits per heavy atom. The van der Waals surface area contributed by atoms with E-state index in [0.717, 1.165) is 16.3 Å². The Balaban J connectivity index is 1.68. The van der Waals surface area contributed by atoms with Crippen molar-refractivity contribution >= 4 is 28.3 Å². The maximum atomic E-state index is 12.9. The van der Waals surface area contributed by atoms with Crippen LogP contribution in [0.25, 0.3) is 10.8 Å². The molecule has 0 N–H and O–H groups in total. The first-order valence-corrected chi connectivity index (χ1v) is 8.12. The molecular weight excluding hydrogens is 298 g/mol. The van der Waals surface area contributed by atoms with E-state index >= 15 is 0 Å². The molecule has 0 radical (unpaired) electrons. The molecule has 0 spiro atoms. The van der Waals surface area contributed by atoms with Gasteiger partial charge in [-0.25, -0.2) is 4.90 Å². The van der Waals surface area contributed by atoms with Gasteiger partial charge in [0, 0.05) is 11.8 Å². The predicted molar refractivity (Wildman–Crippen MR) is 94.7 cm³/mol. The summed E-state index contributed by atoms with van der Waals surface area (Å²) in [6, 6.07) is 23.4. The summed E-state index contributed by atoms with van der Waals surface area (Å²) in [5, 5.41) is 1.96. The van der Waals surface area contributed by atoms with Crippen LogP contribution in [-0.4, -0.2) is 11.8 Å². The monoisotopic (exact) mass is 315 g/mol. The van der Waals surface area contributed by atoms with E-state index in [1.165, 1.54) is 4.90 Å². The van der Waals surface area contributed by atoms with E-state index in [4.69, 9.17) is 0 Å². The highest BCUT2D eigenvalue weighted by atomic mass is 16.2. The number of anilines is 1. The van der Waals surface area contributed by atoms with E-state index in [0.29, 0.717) is 12.1 Å². The van der Waals surface area contributed by atoms with Crippen LogP contribution in [0, 0.1) is 5.92 Å². The van der Waals surface area contributed by atoms with Crippen molar-refractivity contribution in [2.45, 2.75) is 12.8 Å². The summed E-state index contributed by atoms with van der Waals surface area (Å²) in [4.78, 5) is 26.8. The van der Waals surface area contributed by atoms with Gasteiger partial charge in [-0.1, -0.05) is 66.7 Å². The maximum absolute atomic E-state index is 12.9. The number of benzene rings is 3. The number of hydrogen-bond donors (Lipinski definition) is 0. The first-order valence-electron chi connectivity index (χ1n) is 8.12. The zero-order valence-corrected chi connectivity index (χ0v) is 13.2. The number of carbonyl (C=O) groups excluding carboxylic acids is 2. The Kier molecular flexibility index (Phi) is 3.62. The smallest absolute Gasteiger partial charge is 0.237 e. The number of imide groups is 1. The van der Waals surface area contributed by atoms with Crippen LogP contribution < -0.4 is 4.90 Å². The van der Waals surface area contributed by atoms with Crippen LogP contribution in [0.5, 0.6) is 0 Å². The number of fused-ring (bicyclic) bond motifs is 1. The lowest BCUT2D eigenvalue weighted by atomic mass is 9.98. The third-order valence-electron chi connectivity index (χ3n) is 4.57. The van der Waals surface area contributed by atoms with Gasteiger partial charge in [0.1, 0.15) is 0 Å². The van der Waals surface area contributed by atoms with Crippen LogP contribution in [0.1, 0.15) is 12.0 Å². The highest BCUT2D eigenvalue weighted by Crippen LogP contribution is 2.33. The Morgan fingerprint density at radius 2 is 1.54 bits per heavy atom. The molecule has 1 aliphatic rings. The molecule has 4 rings (SSSR count). The molecule has 3 aromatic carbocycles. The zero-order valence-electron chi connectivity index (χ0n) is 13.2. The largest absolute Gasteiger partial charge is 0.274 e. The lowest BCUT2D eigenvalue weighted by Gasteiger charge is -2.17. The third-order valence-corrected chi connectivity index (χ3v) is 4.57. The van der Waals surface area contributed by atoms with Crippen molar-refractivity contribution in [1.82, 2.24) is 0 Å². The number of amides is 2. The average Bonchev–Trinajstić information content (AvgIpc) is 2.89. The van der Waals surface area contributed by atoms with Crippen molar-refractivity contribution in [2.24, 2.45) is 5.92 Å². The van der Waals surface area contributed by atoms with Crippen LogP contribution in [0.2, 0.25) is 0 Å². The number of rotatable bonds is 3. The highest BCUT2D eigenvalue weighted by molar-refractivity contribution is 6.24. The van der Waals surface area contributed by atoms with Crippen LogP contribution >= 0.6 is 0 Å². The Labute approximate surface area is 140 Å². The van der Waals surface area contributed by atoms with Crippen molar-refractivity contribution in [3.05, 3.63) is 78.4 Å². The second-order valence-corrected chi connectivity index (χ2v) is 6.16. The van der Waals surface area contributed by atoms with Gasteiger partial charge in [0.25, 0.3) is 0 Å². The van der Waals surface area contributed by atoms with Gasteiger partial charge < -0.3 is 0 Å². The van der Waals surface area contributed by atoms with Gasteiger partial charge >= 0.3 is 0 Å². The average molecular weight is 315 g/mol. The summed E-state index contributed by atoms with van der Waals surface area (Å²) in [5.74, 6) is -0.489. The number of nitrogens with zero attached hydrogens (tertiary/aromatic N) is 1. The fourth-order valence-electron chi connectivity index (χ4n) is 3.41. The molecule has 3 aromatic rings. The minimum absolute atomic E-state index is 0.0970. The summed E-state index contributed by atoms with van der Waals surface area (Å²) < 4.78 is 0. The lowest BCUT2D eigenvalue weighted by molar-refractivity contribution is -0.122. The molecule has 1 aliphatic heterocycles. The summed E-state index contributed by atoms with van der Waals surface area (Å²) in [5.41, 5.74) is 1.78. The van der Waals surface area contributed by atoms with E-state index in [1.54, 1.807) is 0 Å². The summed E-state index contributed by atoms with van der Waals surface area (Å²) in [6.07, 6.45) is 0.879. The van der Waals surface area contributed by atoms with Crippen molar-refractivity contribution in [2.75, 3.05) is 4.90 Å². The fourth-order valence-corrected chi connectivity index (χ4v) is 3.41. The molecule has 1 saturated heterocycles. The normalized spacial score (nSPS) is 17.7. The van der Waals surface area contributed by atoms with E-state index in [2.05, 4.69) is 0 Å². The summed E-state index contributed by atoms with van der Waals surface area (Å²) in [6.45, 7) is 0. The van der Waals surface area contributed by atoms with Crippen molar-refractivity contribution in [3.63, 3.8) is 0 Å². The molecule has 118 valence electrons. The third kappa shape index (κ3) is 2.48. The van der Waals surface area contributed by atoms with Gasteiger partial charge in [0.15, 0.2) is 0 Å². The summed E-state index contributed by atoms with van der Waals surface area (Å²) >= 11 is 0. The Hall–Kier alpha value is -2.94. The molecule has 0 saturated carbocycles. The molecule has 1 fully saturated rings. The Bertz CT molecular complexity index is 912. The van der Waals surface area contributed by atoms with Crippen LogP contribution in [0.15, 0.2) is 72.8 Å². The van der Waals surface area contributed by atoms with Gasteiger partial charge in [-0.05, 0) is 23.4 Å². The number of hydrogen-bond acceptors (Lipinski definition) is 2. The molecule has 0 aliphatic carbocycles. The predicted octanol–water partition coefficient (Wildman–Crippen LogP) is 3.96. The molecule has 3 nitrogen and oxygen atoms in total.